The smallest absolute Gasteiger partial charge is 0.261 e. The van der Waals surface area contributed by atoms with E-state index in [2.05, 4.69) is 4.72 Å². The number of hydrogen-bond donors (Lipinski definition) is 2. The number of nitrogens with two attached hydrogens (primary N) is 1. The van der Waals surface area contributed by atoms with Gasteiger partial charge in [-0.2, -0.15) is 0 Å². The number of rotatable bonds is 4. The SMILES string of the molecule is Cc1ccc(S(=O)(=O)Nc2cccc(C)c2C(N)=S)cc1. The Hall–Kier alpha value is -1.92. The minimum Gasteiger partial charge on any atom is -0.389 e. The van der Waals surface area contributed by atoms with Crippen molar-refractivity contribution in [3.63, 3.8) is 0 Å². The molecule has 6 heteroatoms. The Balaban J connectivity index is 2.44. The van der Waals surface area contributed by atoms with Crippen molar-refractivity contribution in [3.05, 3.63) is 59.2 Å². The van der Waals surface area contributed by atoms with Gasteiger partial charge in [0.2, 0.25) is 0 Å². The number of sulfonamides is 1. The van der Waals surface area contributed by atoms with Crippen LogP contribution in [0.1, 0.15) is 16.7 Å². The van der Waals surface area contributed by atoms with Gasteiger partial charge in [0.05, 0.1) is 10.6 Å². The van der Waals surface area contributed by atoms with Crippen LogP contribution in [-0.2, 0) is 10.0 Å². The summed E-state index contributed by atoms with van der Waals surface area (Å²) >= 11 is 5.00. The summed E-state index contributed by atoms with van der Waals surface area (Å²) in [7, 11) is -3.67. The van der Waals surface area contributed by atoms with Gasteiger partial charge in [-0.15, -0.1) is 0 Å². The lowest BCUT2D eigenvalue weighted by Gasteiger charge is -2.14. The molecule has 0 aromatic heterocycles. The van der Waals surface area contributed by atoms with Crippen LogP contribution in [0.2, 0.25) is 0 Å². The highest BCUT2D eigenvalue weighted by atomic mass is 32.2. The first-order chi connectivity index (χ1) is 9.81. The number of hydrogen-bond acceptors (Lipinski definition) is 3. The maximum absolute atomic E-state index is 12.4. The molecule has 2 aromatic carbocycles. The topological polar surface area (TPSA) is 72.2 Å². The first-order valence-electron chi connectivity index (χ1n) is 6.30. The van der Waals surface area contributed by atoms with E-state index in [0.29, 0.717) is 11.3 Å². The largest absolute Gasteiger partial charge is 0.389 e. The standard InChI is InChI=1S/C15H16N2O2S2/c1-10-6-8-12(9-7-10)21(18,19)17-13-5-3-4-11(2)14(13)15(16)20/h3-9,17H,1-2H3,(H2,16,20). The van der Waals surface area contributed by atoms with Crippen LogP contribution >= 0.6 is 12.2 Å². The summed E-state index contributed by atoms with van der Waals surface area (Å²) in [5, 5.41) is 0. The van der Waals surface area contributed by atoms with E-state index < -0.39 is 10.0 Å². The van der Waals surface area contributed by atoms with Crippen molar-refractivity contribution < 1.29 is 8.42 Å². The highest BCUT2D eigenvalue weighted by Crippen LogP contribution is 2.23. The van der Waals surface area contributed by atoms with Crippen LogP contribution in [0.4, 0.5) is 5.69 Å². The van der Waals surface area contributed by atoms with Crippen LogP contribution in [-0.4, -0.2) is 13.4 Å². The molecule has 0 spiro atoms. The van der Waals surface area contributed by atoms with Crippen molar-refractivity contribution in [1.82, 2.24) is 0 Å². The predicted octanol–water partition coefficient (Wildman–Crippen LogP) is 2.74. The Morgan fingerprint density at radius 2 is 1.71 bits per heavy atom. The Bertz CT molecular complexity index is 782. The number of benzene rings is 2. The molecule has 3 N–H and O–H groups in total. The number of nitrogens with one attached hydrogen (secondary N) is 1. The van der Waals surface area contributed by atoms with Crippen molar-refractivity contribution in [2.45, 2.75) is 18.7 Å². The summed E-state index contributed by atoms with van der Waals surface area (Å²) in [6.07, 6.45) is 0. The Labute approximate surface area is 130 Å². The highest BCUT2D eigenvalue weighted by Gasteiger charge is 2.17. The maximum Gasteiger partial charge on any atom is 0.261 e. The summed E-state index contributed by atoms with van der Waals surface area (Å²) in [5.74, 6) is 0. The minimum absolute atomic E-state index is 0.162. The van der Waals surface area contributed by atoms with Crippen molar-refractivity contribution >= 4 is 32.9 Å². The molecule has 21 heavy (non-hydrogen) atoms. The number of anilines is 1. The second-order valence-electron chi connectivity index (χ2n) is 4.78. The lowest BCUT2D eigenvalue weighted by Crippen LogP contribution is -2.19. The average molecular weight is 320 g/mol. The molecule has 2 aromatic rings. The van der Waals surface area contributed by atoms with Crippen molar-refractivity contribution in [1.29, 1.82) is 0 Å². The van der Waals surface area contributed by atoms with E-state index in [9.17, 15) is 8.42 Å². The monoisotopic (exact) mass is 320 g/mol. The molecule has 0 heterocycles. The second-order valence-corrected chi connectivity index (χ2v) is 6.90. The van der Waals surface area contributed by atoms with Crippen LogP contribution in [0.3, 0.4) is 0 Å². The van der Waals surface area contributed by atoms with Crippen LogP contribution in [0.15, 0.2) is 47.4 Å². The van der Waals surface area contributed by atoms with Crippen molar-refractivity contribution in [2.24, 2.45) is 5.73 Å². The molecule has 0 aliphatic rings. The molecule has 2 rings (SSSR count). The first-order valence-corrected chi connectivity index (χ1v) is 8.19. The normalized spacial score (nSPS) is 11.1. The number of thiocarbonyl (C=S) groups is 1. The van der Waals surface area contributed by atoms with E-state index in [1.165, 1.54) is 0 Å². The summed E-state index contributed by atoms with van der Waals surface area (Å²) < 4.78 is 27.4. The Morgan fingerprint density at radius 3 is 2.29 bits per heavy atom. The average Bonchev–Trinajstić information content (AvgIpc) is 2.38. The zero-order valence-electron chi connectivity index (χ0n) is 11.8. The summed E-state index contributed by atoms with van der Waals surface area (Å²) in [4.78, 5) is 0.359. The van der Waals surface area contributed by atoms with Gasteiger partial charge >= 0.3 is 0 Å². The summed E-state index contributed by atoms with van der Waals surface area (Å²) in [6.45, 7) is 3.73. The molecule has 0 bridgehead atoms. The van der Waals surface area contributed by atoms with Gasteiger partial charge in [-0.25, -0.2) is 8.42 Å². The molecule has 0 fully saturated rings. The molecule has 0 atom stereocenters. The van der Waals surface area contributed by atoms with E-state index >= 15 is 0 Å². The van der Waals surface area contributed by atoms with Gasteiger partial charge in [0.15, 0.2) is 0 Å². The molecule has 110 valence electrons. The lowest BCUT2D eigenvalue weighted by atomic mass is 10.1. The quantitative estimate of drug-likeness (QED) is 0.850. The van der Waals surface area contributed by atoms with E-state index in [1.54, 1.807) is 36.4 Å². The fraction of sp³-hybridized carbons (Fsp3) is 0.133. The minimum atomic E-state index is -3.67. The molecule has 0 aliphatic heterocycles. The summed E-state index contributed by atoms with van der Waals surface area (Å²) in [5.41, 5.74) is 8.45. The predicted molar refractivity (Wildman–Crippen MR) is 89.1 cm³/mol. The zero-order valence-corrected chi connectivity index (χ0v) is 13.4. The number of aryl methyl sites for hydroxylation is 2. The molecular formula is C15H16N2O2S2. The summed E-state index contributed by atoms with van der Waals surface area (Å²) in [6, 6.07) is 11.9. The molecule has 0 saturated heterocycles. The van der Waals surface area contributed by atoms with Gasteiger partial charge in [0.1, 0.15) is 4.99 Å². The Kier molecular flexibility index (Phi) is 4.29. The van der Waals surface area contributed by atoms with Gasteiger partial charge in [-0.05, 0) is 37.6 Å². The van der Waals surface area contributed by atoms with Crippen LogP contribution in [0.25, 0.3) is 0 Å². The van der Waals surface area contributed by atoms with Crippen molar-refractivity contribution in [2.75, 3.05) is 4.72 Å². The Morgan fingerprint density at radius 1 is 1.10 bits per heavy atom. The molecule has 0 aliphatic carbocycles. The highest BCUT2D eigenvalue weighted by molar-refractivity contribution is 7.92. The van der Waals surface area contributed by atoms with E-state index in [1.807, 2.05) is 19.9 Å². The van der Waals surface area contributed by atoms with Gasteiger partial charge in [0, 0.05) is 5.56 Å². The van der Waals surface area contributed by atoms with Crippen LogP contribution in [0, 0.1) is 13.8 Å². The lowest BCUT2D eigenvalue weighted by molar-refractivity contribution is 0.601. The third-order valence-electron chi connectivity index (χ3n) is 3.09. The van der Waals surface area contributed by atoms with Crippen LogP contribution in [0.5, 0.6) is 0 Å². The van der Waals surface area contributed by atoms with E-state index in [-0.39, 0.29) is 9.88 Å². The molecule has 0 unspecified atom stereocenters. The van der Waals surface area contributed by atoms with Crippen molar-refractivity contribution in [3.8, 4) is 0 Å². The molecular weight excluding hydrogens is 304 g/mol. The molecule has 0 amide bonds. The third-order valence-corrected chi connectivity index (χ3v) is 4.68. The van der Waals surface area contributed by atoms with Gasteiger partial charge in [-0.3, -0.25) is 4.72 Å². The van der Waals surface area contributed by atoms with Gasteiger partial charge < -0.3 is 5.73 Å². The van der Waals surface area contributed by atoms with Gasteiger partial charge in [0.25, 0.3) is 10.0 Å². The van der Waals surface area contributed by atoms with E-state index in [4.69, 9.17) is 18.0 Å². The van der Waals surface area contributed by atoms with E-state index in [0.717, 1.165) is 11.1 Å². The fourth-order valence-corrected chi connectivity index (χ4v) is 3.34. The first kappa shape index (κ1) is 15.5. The van der Waals surface area contributed by atoms with Gasteiger partial charge in [-0.1, -0.05) is 42.0 Å². The molecule has 4 nitrogen and oxygen atoms in total. The van der Waals surface area contributed by atoms with Crippen LogP contribution < -0.4 is 10.5 Å². The zero-order chi connectivity index (χ0) is 15.6. The molecule has 0 saturated carbocycles. The fourth-order valence-electron chi connectivity index (χ4n) is 2.00. The molecule has 0 radical (unpaired) electrons. The maximum atomic E-state index is 12.4. The third kappa shape index (κ3) is 3.40. The second kappa shape index (κ2) is 5.83.